The molecule has 4 heteroatoms. The standard InChI is InChI=1S/C11H20N4/c1-14-9-5-4-8(6-7-15(2)3)10(12)11(9)13/h4-5,14H,6-7,12-13H2,1-3H3. The molecule has 0 spiro atoms. The molecule has 0 aliphatic heterocycles. The van der Waals surface area contributed by atoms with Gasteiger partial charge in [-0.2, -0.15) is 0 Å². The lowest BCUT2D eigenvalue weighted by Gasteiger charge is -2.14. The molecule has 0 unspecified atom stereocenters. The average Bonchev–Trinajstić information content (AvgIpc) is 2.20. The maximum atomic E-state index is 5.96. The van der Waals surface area contributed by atoms with Gasteiger partial charge in [-0.1, -0.05) is 6.07 Å². The molecule has 15 heavy (non-hydrogen) atoms. The number of nitrogens with zero attached hydrogens (tertiary/aromatic N) is 1. The van der Waals surface area contributed by atoms with Gasteiger partial charge in [0.2, 0.25) is 0 Å². The van der Waals surface area contributed by atoms with Crippen molar-refractivity contribution in [2.75, 3.05) is 44.5 Å². The van der Waals surface area contributed by atoms with Crippen LogP contribution in [-0.4, -0.2) is 32.6 Å². The van der Waals surface area contributed by atoms with E-state index in [-0.39, 0.29) is 0 Å². The molecule has 0 aliphatic rings. The molecule has 1 rings (SSSR count). The van der Waals surface area contributed by atoms with E-state index >= 15 is 0 Å². The lowest BCUT2D eigenvalue weighted by molar-refractivity contribution is 0.414. The summed E-state index contributed by atoms with van der Waals surface area (Å²) in [6.07, 6.45) is 0.924. The van der Waals surface area contributed by atoms with Gasteiger partial charge in [-0.05, 0) is 32.1 Å². The summed E-state index contributed by atoms with van der Waals surface area (Å²) < 4.78 is 0. The number of hydrogen-bond donors (Lipinski definition) is 3. The second-order valence-corrected chi connectivity index (χ2v) is 3.90. The van der Waals surface area contributed by atoms with E-state index in [1.165, 1.54) is 0 Å². The van der Waals surface area contributed by atoms with Gasteiger partial charge in [-0.25, -0.2) is 0 Å². The summed E-state index contributed by atoms with van der Waals surface area (Å²) in [6.45, 7) is 0.975. The Morgan fingerprint density at radius 2 is 1.87 bits per heavy atom. The maximum absolute atomic E-state index is 5.96. The molecule has 5 N–H and O–H groups in total. The molecule has 0 aromatic heterocycles. The van der Waals surface area contributed by atoms with Crippen molar-refractivity contribution < 1.29 is 0 Å². The third-order valence-electron chi connectivity index (χ3n) is 2.48. The minimum absolute atomic E-state index is 0.647. The van der Waals surface area contributed by atoms with E-state index in [0.717, 1.165) is 24.2 Å². The van der Waals surface area contributed by atoms with Gasteiger partial charge in [0.25, 0.3) is 0 Å². The number of likely N-dealkylation sites (N-methyl/N-ethyl adjacent to an activating group) is 1. The predicted molar refractivity (Wildman–Crippen MR) is 67.1 cm³/mol. The third kappa shape index (κ3) is 2.76. The topological polar surface area (TPSA) is 67.3 Å². The second-order valence-electron chi connectivity index (χ2n) is 3.90. The van der Waals surface area contributed by atoms with Gasteiger partial charge in [0.1, 0.15) is 0 Å². The normalized spacial score (nSPS) is 10.7. The van der Waals surface area contributed by atoms with Crippen LogP contribution in [0.5, 0.6) is 0 Å². The van der Waals surface area contributed by atoms with E-state index < -0.39 is 0 Å². The van der Waals surface area contributed by atoms with E-state index in [9.17, 15) is 0 Å². The Balaban J connectivity index is 2.87. The van der Waals surface area contributed by atoms with Crippen molar-refractivity contribution in [3.63, 3.8) is 0 Å². The van der Waals surface area contributed by atoms with Crippen LogP contribution in [0.4, 0.5) is 17.1 Å². The fourth-order valence-corrected chi connectivity index (χ4v) is 1.46. The largest absolute Gasteiger partial charge is 0.397 e. The monoisotopic (exact) mass is 208 g/mol. The molecule has 84 valence electrons. The van der Waals surface area contributed by atoms with Crippen LogP contribution in [0.1, 0.15) is 5.56 Å². The van der Waals surface area contributed by atoms with E-state index in [2.05, 4.69) is 10.2 Å². The second kappa shape index (κ2) is 4.89. The molecule has 0 amide bonds. The molecule has 4 nitrogen and oxygen atoms in total. The Bertz CT molecular complexity index is 334. The van der Waals surface area contributed by atoms with Crippen LogP contribution < -0.4 is 16.8 Å². The number of anilines is 3. The van der Waals surface area contributed by atoms with E-state index in [1.54, 1.807) is 0 Å². The van der Waals surface area contributed by atoms with Crippen molar-refractivity contribution in [1.82, 2.24) is 4.90 Å². The molecule has 0 heterocycles. The average molecular weight is 208 g/mol. The summed E-state index contributed by atoms with van der Waals surface area (Å²) in [6, 6.07) is 4.00. The van der Waals surface area contributed by atoms with Crippen LogP contribution in [-0.2, 0) is 6.42 Å². The molecular weight excluding hydrogens is 188 g/mol. The first-order valence-electron chi connectivity index (χ1n) is 5.05. The SMILES string of the molecule is CNc1ccc(CCN(C)C)c(N)c1N. The Morgan fingerprint density at radius 1 is 1.20 bits per heavy atom. The Labute approximate surface area is 91.2 Å². The molecule has 0 radical (unpaired) electrons. The molecule has 0 atom stereocenters. The van der Waals surface area contributed by atoms with Gasteiger partial charge in [0.05, 0.1) is 17.1 Å². The summed E-state index contributed by atoms with van der Waals surface area (Å²) in [5.41, 5.74) is 15.2. The van der Waals surface area contributed by atoms with Crippen LogP contribution in [0.15, 0.2) is 12.1 Å². The molecular formula is C11H20N4. The zero-order valence-electron chi connectivity index (χ0n) is 9.67. The Kier molecular flexibility index (Phi) is 3.80. The fraction of sp³-hybridized carbons (Fsp3) is 0.455. The molecule has 0 bridgehead atoms. The summed E-state index contributed by atoms with van der Waals surface area (Å²) in [5.74, 6) is 0. The minimum Gasteiger partial charge on any atom is -0.397 e. The van der Waals surface area contributed by atoms with Crippen molar-refractivity contribution in [2.45, 2.75) is 6.42 Å². The van der Waals surface area contributed by atoms with Gasteiger partial charge in [0, 0.05) is 13.6 Å². The Hall–Kier alpha value is -1.42. The summed E-state index contributed by atoms with van der Waals surface area (Å²) in [5, 5.41) is 3.01. The van der Waals surface area contributed by atoms with Gasteiger partial charge in [-0.15, -0.1) is 0 Å². The van der Waals surface area contributed by atoms with Crippen molar-refractivity contribution in [1.29, 1.82) is 0 Å². The summed E-state index contributed by atoms with van der Waals surface area (Å²) in [7, 11) is 5.92. The smallest absolute Gasteiger partial charge is 0.0786 e. The molecule has 0 aliphatic carbocycles. The fourth-order valence-electron chi connectivity index (χ4n) is 1.46. The zero-order valence-corrected chi connectivity index (χ0v) is 9.67. The summed E-state index contributed by atoms with van der Waals surface area (Å²) >= 11 is 0. The van der Waals surface area contributed by atoms with Crippen molar-refractivity contribution in [3.05, 3.63) is 17.7 Å². The summed E-state index contributed by atoms with van der Waals surface area (Å²) in [4.78, 5) is 2.13. The van der Waals surface area contributed by atoms with Crippen LogP contribution in [0, 0.1) is 0 Å². The first kappa shape index (κ1) is 11.7. The quantitative estimate of drug-likeness (QED) is 0.646. The first-order chi connectivity index (χ1) is 7.06. The number of rotatable bonds is 4. The number of nitrogen functional groups attached to an aromatic ring is 2. The van der Waals surface area contributed by atoms with Crippen LogP contribution >= 0.6 is 0 Å². The molecule has 0 saturated carbocycles. The highest BCUT2D eigenvalue weighted by molar-refractivity contribution is 5.81. The number of nitrogens with one attached hydrogen (secondary N) is 1. The highest BCUT2D eigenvalue weighted by Crippen LogP contribution is 2.28. The van der Waals surface area contributed by atoms with Crippen LogP contribution in [0.25, 0.3) is 0 Å². The zero-order chi connectivity index (χ0) is 11.4. The van der Waals surface area contributed by atoms with Gasteiger partial charge < -0.3 is 21.7 Å². The van der Waals surface area contributed by atoms with Gasteiger partial charge in [-0.3, -0.25) is 0 Å². The van der Waals surface area contributed by atoms with Crippen molar-refractivity contribution in [2.24, 2.45) is 0 Å². The van der Waals surface area contributed by atoms with E-state index in [1.807, 2.05) is 33.3 Å². The molecule has 0 saturated heterocycles. The third-order valence-corrected chi connectivity index (χ3v) is 2.48. The molecule has 0 fully saturated rings. The number of benzene rings is 1. The number of nitrogens with two attached hydrogens (primary N) is 2. The molecule has 1 aromatic carbocycles. The highest BCUT2D eigenvalue weighted by Gasteiger charge is 2.06. The lowest BCUT2D eigenvalue weighted by atomic mass is 10.1. The van der Waals surface area contributed by atoms with Crippen LogP contribution in [0.3, 0.4) is 0 Å². The van der Waals surface area contributed by atoms with Crippen LogP contribution in [0.2, 0.25) is 0 Å². The first-order valence-corrected chi connectivity index (χ1v) is 5.05. The maximum Gasteiger partial charge on any atom is 0.0786 e. The lowest BCUT2D eigenvalue weighted by Crippen LogP contribution is -2.16. The van der Waals surface area contributed by atoms with Crippen molar-refractivity contribution >= 4 is 17.1 Å². The minimum atomic E-state index is 0.647. The van der Waals surface area contributed by atoms with E-state index in [0.29, 0.717) is 11.4 Å². The van der Waals surface area contributed by atoms with Crippen molar-refractivity contribution in [3.8, 4) is 0 Å². The highest BCUT2D eigenvalue weighted by atomic mass is 15.0. The predicted octanol–water partition coefficient (Wildman–Crippen LogP) is 0.997. The van der Waals surface area contributed by atoms with E-state index in [4.69, 9.17) is 11.5 Å². The Morgan fingerprint density at radius 3 is 2.40 bits per heavy atom. The van der Waals surface area contributed by atoms with Gasteiger partial charge in [0.15, 0.2) is 0 Å². The molecule has 1 aromatic rings. The number of hydrogen-bond acceptors (Lipinski definition) is 4. The van der Waals surface area contributed by atoms with Gasteiger partial charge >= 0.3 is 0 Å².